The van der Waals surface area contributed by atoms with E-state index in [4.69, 9.17) is 4.42 Å². The van der Waals surface area contributed by atoms with Crippen molar-refractivity contribution in [2.45, 2.75) is 33.6 Å². The first-order valence-electron chi connectivity index (χ1n) is 8.65. The number of hydrogen-bond donors (Lipinski definition) is 0. The molecule has 0 saturated carbocycles. The van der Waals surface area contributed by atoms with E-state index >= 15 is 0 Å². The molecule has 0 amide bonds. The van der Waals surface area contributed by atoms with Crippen LogP contribution < -0.4 is 0 Å². The van der Waals surface area contributed by atoms with Gasteiger partial charge in [0, 0.05) is 6.42 Å². The fourth-order valence-electron chi connectivity index (χ4n) is 3.62. The van der Waals surface area contributed by atoms with Gasteiger partial charge in [0.05, 0.1) is 0 Å². The number of aryl methyl sites for hydroxylation is 3. The second-order valence-electron chi connectivity index (χ2n) is 6.64. The molecule has 24 heavy (non-hydrogen) atoms. The molecule has 1 aliphatic rings. The maximum atomic E-state index is 5.84. The summed E-state index contributed by atoms with van der Waals surface area (Å²) in [4.78, 5) is 0. The average Bonchev–Trinajstić information content (AvgIpc) is 3.20. The van der Waals surface area contributed by atoms with Gasteiger partial charge in [0.1, 0.15) is 11.5 Å². The molecule has 0 fully saturated rings. The van der Waals surface area contributed by atoms with E-state index in [1.165, 1.54) is 39.0 Å². The van der Waals surface area contributed by atoms with Crippen LogP contribution in [-0.2, 0) is 12.8 Å². The van der Waals surface area contributed by atoms with E-state index < -0.39 is 0 Å². The van der Waals surface area contributed by atoms with Crippen LogP contribution in [-0.4, -0.2) is 0 Å². The van der Waals surface area contributed by atoms with Crippen molar-refractivity contribution in [1.29, 1.82) is 0 Å². The van der Waals surface area contributed by atoms with Crippen LogP contribution in [0.15, 0.2) is 52.9 Å². The van der Waals surface area contributed by atoms with Gasteiger partial charge in [-0.1, -0.05) is 43.3 Å². The van der Waals surface area contributed by atoms with E-state index in [1.54, 1.807) is 0 Å². The third kappa shape index (κ3) is 2.50. The van der Waals surface area contributed by atoms with Crippen LogP contribution >= 0.6 is 0 Å². The van der Waals surface area contributed by atoms with Gasteiger partial charge >= 0.3 is 0 Å². The van der Waals surface area contributed by atoms with Gasteiger partial charge in [0.15, 0.2) is 0 Å². The molecule has 0 atom stereocenters. The molecule has 0 N–H and O–H groups in total. The summed E-state index contributed by atoms with van der Waals surface area (Å²) in [6.07, 6.45) is 4.33. The van der Waals surface area contributed by atoms with E-state index in [9.17, 15) is 0 Å². The zero-order chi connectivity index (χ0) is 16.7. The minimum absolute atomic E-state index is 0.947. The maximum Gasteiger partial charge on any atom is 0.130 e. The predicted octanol–water partition coefficient (Wildman–Crippen LogP) is 6.22. The van der Waals surface area contributed by atoms with Crippen LogP contribution in [0.25, 0.3) is 22.8 Å². The van der Waals surface area contributed by atoms with Gasteiger partial charge in [0.2, 0.25) is 0 Å². The molecule has 0 aliphatic heterocycles. The van der Waals surface area contributed by atoms with Crippen molar-refractivity contribution in [3.63, 3.8) is 0 Å². The topological polar surface area (TPSA) is 13.1 Å². The van der Waals surface area contributed by atoms with E-state index in [2.05, 4.69) is 62.4 Å². The number of benzene rings is 2. The Labute approximate surface area is 143 Å². The molecule has 4 rings (SSSR count). The lowest BCUT2D eigenvalue weighted by Gasteiger charge is -2.12. The van der Waals surface area contributed by atoms with Crippen molar-refractivity contribution in [3.05, 3.63) is 82.3 Å². The average molecular weight is 314 g/mol. The Morgan fingerprint density at radius 1 is 1.00 bits per heavy atom. The van der Waals surface area contributed by atoms with Crippen molar-refractivity contribution >= 4 is 11.6 Å². The van der Waals surface area contributed by atoms with E-state index in [0.717, 1.165) is 24.4 Å². The molecule has 1 aromatic heterocycles. The standard InChI is InChI=1S/C23H22O/c1-4-17-6-5-7-19(12-17)23-15(2)8-10-18-13-20(14-21(18)23)22-11-9-16(3)24-22/h5-12,14H,4,13H2,1-3H3. The van der Waals surface area contributed by atoms with Gasteiger partial charge in [-0.15, -0.1) is 0 Å². The lowest BCUT2D eigenvalue weighted by atomic mass is 9.92. The van der Waals surface area contributed by atoms with Crippen LogP contribution in [0, 0.1) is 13.8 Å². The van der Waals surface area contributed by atoms with E-state index in [-0.39, 0.29) is 0 Å². The first kappa shape index (κ1) is 15.0. The quantitative estimate of drug-likeness (QED) is 0.559. The highest BCUT2D eigenvalue weighted by atomic mass is 16.3. The third-order valence-electron chi connectivity index (χ3n) is 4.92. The summed E-state index contributed by atoms with van der Waals surface area (Å²) in [5.41, 5.74) is 9.41. The zero-order valence-electron chi connectivity index (χ0n) is 14.5. The predicted molar refractivity (Wildman–Crippen MR) is 101 cm³/mol. The molecule has 1 heteroatoms. The van der Waals surface area contributed by atoms with Crippen LogP contribution in [0.1, 0.15) is 40.7 Å². The summed E-state index contributed by atoms with van der Waals surface area (Å²) in [5.74, 6) is 1.96. The van der Waals surface area contributed by atoms with Crippen molar-refractivity contribution in [1.82, 2.24) is 0 Å². The summed E-state index contributed by atoms with van der Waals surface area (Å²) >= 11 is 0. The van der Waals surface area contributed by atoms with Crippen LogP contribution in [0.2, 0.25) is 0 Å². The van der Waals surface area contributed by atoms with Crippen molar-refractivity contribution < 1.29 is 4.42 Å². The van der Waals surface area contributed by atoms with Gasteiger partial charge < -0.3 is 4.42 Å². The Morgan fingerprint density at radius 3 is 2.62 bits per heavy atom. The summed E-state index contributed by atoms with van der Waals surface area (Å²) in [6, 6.07) is 17.6. The van der Waals surface area contributed by atoms with Gasteiger partial charge in [0.25, 0.3) is 0 Å². The molecule has 3 aromatic rings. The van der Waals surface area contributed by atoms with Gasteiger partial charge in [-0.2, -0.15) is 0 Å². The molecule has 120 valence electrons. The Bertz CT molecular complexity index is 940. The molecule has 1 heterocycles. The number of hydrogen-bond acceptors (Lipinski definition) is 1. The summed E-state index contributed by atoms with van der Waals surface area (Å²) in [7, 11) is 0. The van der Waals surface area contributed by atoms with Gasteiger partial charge in [-0.05, 0) is 77.4 Å². The molecule has 2 aromatic carbocycles. The number of allylic oxidation sites excluding steroid dienone is 1. The van der Waals surface area contributed by atoms with Crippen molar-refractivity contribution in [2.24, 2.45) is 0 Å². The first-order chi connectivity index (χ1) is 11.7. The van der Waals surface area contributed by atoms with E-state index in [0.29, 0.717) is 0 Å². The highest BCUT2D eigenvalue weighted by Gasteiger charge is 2.21. The second-order valence-corrected chi connectivity index (χ2v) is 6.64. The molecule has 0 saturated heterocycles. The Balaban J connectivity index is 1.86. The molecule has 1 aliphatic carbocycles. The SMILES string of the molecule is CCc1cccc(-c2c(C)ccc3c2C=C(c2ccc(C)o2)C3)c1. The zero-order valence-corrected chi connectivity index (χ0v) is 14.5. The third-order valence-corrected chi connectivity index (χ3v) is 4.92. The molecule has 0 spiro atoms. The van der Waals surface area contributed by atoms with Crippen LogP contribution in [0.5, 0.6) is 0 Å². The van der Waals surface area contributed by atoms with Crippen molar-refractivity contribution in [2.75, 3.05) is 0 Å². The minimum atomic E-state index is 0.947. The Morgan fingerprint density at radius 2 is 1.88 bits per heavy atom. The molecule has 1 nitrogen and oxygen atoms in total. The molecule has 0 unspecified atom stereocenters. The highest BCUT2D eigenvalue weighted by Crippen LogP contribution is 2.39. The largest absolute Gasteiger partial charge is 0.462 e. The first-order valence-corrected chi connectivity index (χ1v) is 8.65. The van der Waals surface area contributed by atoms with Crippen molar-refractivity contribution in [3.8, 4) is 11.1 Å². The Hall–Kier alpha value is -2.54. The Kier molecular flexibility index (Phi) is 3.65. The summed E-state index contributed by atoms with van der Waals surface area (Å²) < 4.78 is 5.84. The summed E-state index contributed by atoms with van der Waals surface area (Å²) in [6.45, 7) is 6.41. The lowest BCUT2D eigenvalue weighted by molar-refractivity contribution is 0.521. The van der Waals surface area contributed by atoms with Gasteiger partial charge in [-0.3, -0.25) is 0 Å². The number of fused-ring (bicyclic) bond motifs is 1. The lowest BCUT2D eigenvalue weighted by Crippen LogP contribution is -1.92. The maximum absolute atomic E-state index is 5.84. The van der Waals surface area contributed by atoms with Gasteiger partial charge in [-0.25, -0.2) is 0 Å². The summed E-state index contributed by atoms with van der Waals surface area (Å²) in [5, 5.41) is 0. The van der Waals surface area contributed by atoms with Crippen LogP contribution in [0.3, 0.4) is 0 Å². The monoisotopic (exact) mass is 314 g/mol. The van der Waals surface area contributed by atoms with E-state index in [1.807, 2.05) is 13.0 Å². The molecular weight excluding hydrogens is 292 g/mol. The fraction of sp³-hybridized carbons (Fsp3) is 0.217. The van der Waals surface area contributed by atoms with Crippen LogP contribution in [0.4, 0.5) is 0 Å². The number of rotatable bonds is 3. The molecule has 0 radical (unpaired) electrons. The molecular formula is C23H22O. The fourth-order valence-corrected chi connectivity index (χ4v) is 3.62. The minimum Gasteiger partial charge on any atom is -0.462 e. The normalized spacial score (nSPS) is 13.0. The smallest absolute Gasteiger partial charge is 0.130 e. The highest BCUT2D eigenvalue weighted by molar-refractivity contribution is 5.93. The second kappa shape index (κ2) is 5.83. The number of furan rings is 1. The molecule has 0 bridgehead atoms.